The fourth-order valence-electron chi connectivity index (χ4n) is 1.39. The first-order chi connectivity index (χ1) is 7.17. The molecule has 84 valence electrons. The van der Waals surface area contributed by atoms with Crippen molar-refractivity contribution in [2.24, 2.45) is 0 Å². The Bertz CT molecular complexity index is 302. The number of halogens is 1. The molecule has 0 unspecified atom stereocenters. The van der Waals surface area contributed by atoms with Crippen molar-refractivity contribution in [2.75, 3.05) is 13.2 Å². The van der Waals surface area contributed by atoms with Crippen LogP contribution >= 0.6 is 15.9 Å². The van der Waals surface area contributed by atoms with Crippen molar-refractivity contribution in [1.29, 1.82) is 0 Å². The first-order valence-electron chi connectivity index (χ1n) is 4.90. The summed E-state index contributed by atoms with van der Waals surface area (Å²) >= 11 is 3.40. The van der Waals surface area contributed by atoms with E-state index in [0.717, 1.165) is 10.0 Å². The lowest BCUT2D eigenvalue weighted by atomic mass is 10.1. The van der Waals surface area contributed by atoms with Crippen LogP contribution in [0.4, 0.5) is 0 Å². The lowest BCUT2D eigenvalue weighted by Crippen LogP contribution is -2.37. The predicted octanol–water partition coefficient (Wildman–Crippen LogP) is 1.45. The van der Waals surface area contributed by atoms with E-state index in [-0.39, 0.29) is 25.3 Å². The third-order valence-corrected chi connectivity index (χ3v) is 2.77. The first-order valence-corrected chi connectivity index (χ1v) is 5.70. The van der Waals surface area contributed by atoms with E-state index in [0.29, 0.717) is 0 Å². The van der Waals surface area contributed by atoms with Gasteiger partial charge in [0.15, 0.2) is 0 Å². The molecule has 1 aromatic carbocycles. The largest absolute Gasteiger partial charge is 0.395 e. The average molecular weight is 274 g/mol. The Morgan fingerprint density at radius 2 is 2.00 bits per heavy atom. The summed E-state index contributed by atoms with van der Waals surface area (Å²) in [5.74, 6) is 0. The zero-order chi connectivity index (χ0) is 11.3. The monoisotopic (exact) mass is 273 g/mol. The normalized spacial score (nSPS) is 13.1. The summed E-state index contributed by atoms with van der Waals surface area (Å²) in [4.78, 5) is 0. The summed E-state index contributed by atoms with van der Waals surface area (Å²) in [5.41, 5.74) is 1.12. The molecule has 0 saturated heterocycles. The van der Waals surface area contributed by atoms with E-state index in [1.165, 1.54) is 0 Å². The van der Waals surface area contributed by atoms with Gasteiger partial charge in [0.25, 0.3) is 0 Å². The summed E-state index contributed by atoms with van der Waals surface area (Å²) < 4.78 is 1.03. The molecule has 0 radical (unpaired) electrons. The van der Waals surface area contributed by atoms with Gasteiger partial charge in [-0.3, -0.25) is 0 Å². The third-order valence-electron chi connectivity index (χ3n) is 2.28. The molecule has 0 saturated carbocycles. The molecule has 0 aliphatic carbocycles. The highest BCUT2D eigenvalue weighted by Crippen LogP contribution is 2.18. The van der Waals surface area contributed by atoms with Gasteiger partial charge in [-0.25, -0.2) is 0 Å². The van der Waals surface area contributed by atoms with Gasteiger partial charge in [0, 0.05) is 10.5 Å². The highest BCUT2D eigenvalue weighted by molar-refractivity contribution is 9.10. The van der Waals surface area contributed by atoms with E-state index in [9.17, 15) is 0 Å². The molecule has 1 aromatic rings. The van der Waals surface area contributed by atoms with Crippen molar-refractivity contribution >= 4 is 15.9 Å². The van der Waals surface area contributed by atoms with Gasteiger partial charge in [0.2, 0.25) is 0 Å². The summed E-state index contributed by atoms with van der Waals surface area (Å²) in [5, 5.41) is 21.0. The van der Waals surface area contributed by atoms with E-state index in [1.54, 1.807) is 0 Å². The van der Waals surface area contributed by atoms with E-state index < -0.39 is 0 Å². The zero-order valence-electron chi connectivity index (χ0n) is 8.65. The van der Waals surface area contributed by atoms with Crippen molar-refractivity contribution in [2.45, 2.75) is 19.0 Å². The van der Waals surface area contributed by atoms with Crippen LogP contribution in [0.2, 0.25) is 0 Å². The number of benzene rings is 1. The Hall–Kier alpha value is -0.420. The van der Waals surface area contributed by atoms with Gasteiger partial charge in [-0.05, 0) is 24.6 Å². The second-order valence-corrected chi connectivity index (χ2v) is 4.42. The van der Waals surface area contributed by atoms with Crippen LogP contribution in [0.25, 0.3) is 0 Å². The second kappa shape index (κ2) is 6.23. The maximum absolute atomic E-state index is 8.94. The molecule has 3 nitrogen and oxygen atoms in total. The van der Waals surface area contributed by atoms with Gasteiger partial charge in [0.05, 0.1) is 19.3 Å². The van der Waals surface area contributed by atoms with Crippen molar-refractivity contribution in [3.8, 4) is 0 Å². The quantitative estimate of drug-likeness (QED) is 0.761. The summed E-state index contributed by atoms with van der Waals surface area (Å²) in [7, 11) is 0. The minimum Gasteiger partial charge on any atom is -0.395 e. The highest BCUT2D eigenvalue weighted by Gasteiger charge is 2.11. The maximum Gasteiger partial charge on any atom is 0.0607 e. The molecule has 3 N–H and O–H groups in total. The van der Waals surface area contributed by atoms with Crippen LogP contribution in [0, 0.1) is 0 Å². The van der Waals surface area contributed by atoms with Crippen LogP contribution in [0.1, 0.15) is 18.5 Å². The molecule has 4 heteroatoms. The second-order valence-electron chi connectivity index (χ2n) is 3.51. The molecule has 0 bridgehead atoms. The van der Waals surface area contributed by atoms with Crippen molar-refractivity contribution in [3.05, 3.63) is 34.3 Å². The Balaban J connectivity index is 2.64. The molecule has 1 atom stereocenters. The Morgan fingerprint density at radius 3 is 2.53 bits per heavy atom. The number of hydrogen-bond acceptors (Lipinski definition) is 3. The highest BCUT2D eigenvalue weighted by atomic mass is 79.9. The Labute approximate surface area is 98.3 Å². The van der Waals surface area contributed by atoms with Gasteiger partial charge in [-0.1, -0.05) is 28.1 Å². The Kier molecular flexibility index (Phi) is 5.25. The predicted molar refractivity (Wildman–Crippen MR) is 63.7 cm³/mol. The van der Waals surface area contributed by atoms with Crippen LogP contribution in [0.5, 0.6) is 0 Å². The van der Waals surface area contributed by atoms with Crippen molar-refractivity contribution in [1.82, 2.24) is 5.32 Å². The van der Waals surface area contributed by atoms with E-state index in [2.05, 4.69) is 21.2 Å². The minimum absolute atomic E-state index is 0.0607. The molecule has 0 aliphatic rings. The van der Waals surface area contributed by atoms with Gasteiger partial charge >= 0.3 is 0 Å². The molecular formula is C11H16BrNO2. The van der Waals surface area contributed by atoms with Crippen LogP contribution in [0.3, 0.4) is 0 Å². The van der Waals surface area contributed by atoms with Gasteiger partial charge in [0.1, 0.15) is 0 Å². The van der Waals surface area contributed by atoms with E-state index >= 15 is 0 Å². The SMILES string of the molecule is C[C@@H](NC(CO)CO)c1cccc(Br)c1. The summed E-state index contributed by atoms with van der Waals surface area (Å²) in [6, 6.07) is 7.79. The average Bonchev–Trinajstić information content (AvgIpc) is 2.25. The molecule has 0 heterocycles. The number of aliphatic hydroxyl groups is 2. The van der Waals surface area contributed by atoms with Crippen molar-refractivity contribution < 1.29 is 10.2 Å². The molecule has 0 spiro atoms. The van der Waals surface area contributed by atoms with Gasteiger partial charge < -0.3 is 15.5 Å². The molecule has 0 aromatic heterocycles. The molecular weight excluding hydrogens is 258 g/mol. The fraction of sp³-hybridized carbons (Fsp3) is 0.455. The molecule has 0 fully saturated rings. The first kappa shape index (κ1) is 12.6. The maximum atomic E-state index is 8.94. The fourth-order valence-corrected chi connectivity index (χ4v) is 1.81. The summed E-state index contributed by atoms with van der Waals surface area (Å²) in [6.07, 6.45) is 0. The lowest BCUT2D eigenvalue weighted by molar-refractivity contribution is 0.163. The molecule has 0 amide bonds. The van der Waals surface area contributed by atoms with Crippen LogP contribution in [0.15, 0.2) is 28.7 Å². The van der Waals surface area contributed by atoms with Crippen LogP contribution in [-0.2, 0) is 0 Å². The van der Waals surface area contributed by atoms with E-state index in [1.807, 2.05) is 31.2 Å². The van der Waals surface area contributed by atoms with E-state index in [4.69, 9.17) is 10.2 Å². The standard InChI is InChI=1S/C11H16BrNO2/c1-8(13-11(6-14)7-15)9-3-2-4-10(12)5-9/h2-5,8,11,13-15H,6-7H2,1H3/t8-/m1/s1. The smallest absolute Gasteiger partial charge is 0.0607 e. The number of aliphatic hydroxyl groups excluding tert-OH is 2. The Morgan fingerprint density at radius 1 is 1.33 bits per heavy atom. The lowest BCUT2D eigenvalue weighted by Gasteiger charge is -2.20. The van der Waals surface area contributed by atoms with Gasteiger partial charge in [-0.2, -0.15) is 0 Å². The molecule has 15 heavy (non-hydrogen) atoms. The summed E-state index contributed by atoms with van der Waals surface area (Å²) in [6.45, 7) is 1.88. The minimum atomic E-state index is -0.265. The molecule has 0 aliphatic heterocycles. The van der Waals surface area contributed by atoms with Gasteiger partial charge in [-0.15, -0.1) is 0 Å². The molecule has 1 rings (SSSR count). The van der Waals surface area contributed by atoms with Crippen molar-refractivity contribution in [3.63, 3.8) is 0 Å². The zero-order valence-corrected chi connectivity index (χ0v) is 10.2. The number of rotatable bonds is 5. The van der Waals surface area contributed by atoms with Crippen LogP contribution in [-0.4, -0.2) is 29.5 Å². The number of nitrogens with one attached hydrogen (secondary N) is 1. The van der Waals surface area contributed by atoms with Crippen LogP contribution < -0.4 is 5.32 Å². The number of hydrogen-bond donors (Lipinski definition) is 3. The third kappa shape index (κ3) is 3.91. The topological polar surface area (TPSA) is 52.5 Å².